The molecule has 5 nitrogen and oxygen atoms in total. The van der Waals surface area contributed by atoms with E-state index in [4.69, 9.17) is 0 Å². The van der Waals surface area contributed by atoms with Crippen LogP contribution in [0.5, 0.6) is 5.75 Å². The molecule has 2 rings (SSSR count). The van der Waals surface area contributed by atoms with Crippen molar-refractivity contribution in [2.75, 3.05) is 13.6 Å². The van der Waals surface area contributed by atoms with E-state index in [2.05, 4.69) is 10.3 Å². The number of aromatic hydroxyl groups is 1. The van der Waals surface area contributed by atoms with Crippen molar-refractivity contribution >= 4 is 23.4 Å². The second kappa shape index (κ2) is 8.55. The van der Waals surface area contributed by atoms with Gasteiger partial charge in [0.2, 0.25) is 0 Å². The molecule has 0 saturated heterocycles. The first-order valence-corrected chi connectivity index (χ1v) is 8.25. The van der Waals surface area contributed by atoms with Gasteiger partial charge < -0.3 is 15.2 Å². The number of benzene rings is 1. The maximum atomic E-state index is 12.7. The van der Waals surface area contributed by atoms with E-state index in [1.807, 2.05) is 7.05 Å². The number of carbonyl (C=O) groups excluding carboxylic acids is 2. The quantitative estimate of drug-likeness (QED) is 0.754. The van der Waals surface area contributed by atoms with Crippen LogP contribution in [0.15, 0.2) is 35.0 Å². The van der Waals surface area contributed by atoms with Gasteiger partial charge in [-0.3, -0.25) is 9.79 Å². The lowest BCUT2D eigenvalue weighted by Crippen LogP contribution is -2.30. The average Bonchev–Trinajstić information content (AvgIpc) is 2.53. The van der Waals surface area contributed by atoms with Gasteiger partial charge in [0, 0.05) is 24.6 Å². The van der Waals surface area contributed by atoms with Gasteiger partial charge in [0.25, 0.3) is 0 Å². The van der Waals surface area contributed by atoms with Gasteiger partial charge in [0.1, 0.15) is 17.2 Å². The fourth-order valence-corrected chi connectivity index (χ4v) is 2.84. The van der Waals surface area contributed by atoms with Crippen LogP contribution >= 0.6 is 0 Å². The van der Waals surface area contributed by atoms with E-state index in [1.165, 1.54) is 0 Å². The summed E-state index contributed by atoms with van der Waals surface area (Å²) in [7, 11) is 1.85. The highest BCUT2D eigenvalue weighted by Crippen LogP contribution is 2.26. The fraction of sp³-hybridized carbons (Fsp3) is 0.421. The number of nitrogens with one attached hydrogen (secondary N) is 1. The normalized spacial score (nSPS) is 19.4. The molecule has 5 heteroatoms. The minimum Gasteiger partial charge on any atom is -0.508 e. The fourth-order valence-electron chi connectivity index (χ4n) is 2.84. The van der Waals surface area contributed by atoms with Crippen molar-refractivity contribution in [1.29, 1.82) is 0 Å². The topological polar surface area (TPSA) is 78.8 Å². The number of allylic oxidation sites excluding steroid dienone is 1. The molecule has 128 valence electrons. The summed E-state index contributed by atoms with van der Waals surface area (Å²) in [5, 5.41) is 12.4. The van der Waals surface area contributed by atoms with E-state index in [9.17, 15) is 14.7 Å². The van der Waals surface area contributed by atoms with Gasteiger partial charge in [0.05, 0.1) is 0 Å². The molecule has 2 N–H and O–H groups in total. The zero-order valence-corrected chi connectivity index (χ0v) is 14.2. The maximum Gasteiger partial charge on any atom is 0.184 e. The second-order valence-electron chi connectivity index (χ2n) is 6.19. The van der Waals surface area contributed by atoms with Crippen LogP contribution < -0.4 is 5.32 Å². The maximum absolute atomic E-state index is 12.7. The van der Waals surface area contributed by atoms with Gasteiger partial charge >= 0.3 is 0 Å². The summed E-state index contributed by atoms with van der Waals surface area (Å²) in [6, 6.07) is 6.68. The molecule has 24 heavy (non-hydrogen) atoms. The van der Waals surface area contributed by atoms with Crippen molar-refractivity contribution < 1.29 is 14.7 Å². The van der Waals surface area contributed by atoms with E-state index >= 15 is 0 Å². The molecule has 1 aromatic rings. The van der Waals surface area contributed by atoms with Crippen molar-refractivity contribution in [3.8, 4) is 5.75 Å². The number of hydrogen-bond acceptors (Lipinski definition) is 5. The van der Waals surface area contributed by atoms with Crippen LogP contribution in [0.4, 0.5) is 0 Å². The molecule has 1 atom stereocenters. The molecule has 0 radical (unpaired) electrons. The van der Waals surface area contributed by atoms with Crippen molar-refractivity contribution in [3.05, 3.63) is 35.5 Å². The summed E-state index contributed by atoms with van der Waals surface area (Å²) in [6.45, 7) is 2.22. The van der Waals surface area contributed by atoms with Crippen LogP contribution in [0, 0.1) is 5.92 Å². The van der Waals surface area contributed by atoms with Crippen molar-refractivity contribution in [2.45, 2.75) is 32.6 Å². The van der Waals surface area contributed by atoms with Gasteiger partial charge in [0.15, 0.2) is 5.78 Å². The molecule has 0 saturated carbocycles. The molecule has 0 amide bonds. The van der Waals surface area contributed by atoms with E-state index in [0.29, 0.717) is 31.5 Å². The summed E-state index contributed by atoms with van der Waals surface area (Å²) in [5.74, 6) is 0.260. The lowest BCUT2D eigenvalue weighted by Gasteiger charge is -2.22. The molecule has 1 aliphatic rings. The van der Waals surface area contributed by atoms with Crippen molar-refractivity contribution in [1.82, 2.24) is 5.32 Å². The summed E-state index contributed by atoms with van der Waals surface area (Å²) in [5.41, 5.74) is 2.23. The van der Waals surface area contributed by atoms with Crippen LogP contribution in [-0.2, 0) is 9.59 Å². The first kappa shape index (κ1) is 18.1. The Kier molecular flexibility index (Phi) is 6.44. The first-order chi connectivity index (χ1) is 11.5. The Bertz CT molecular complexity index is 660. The minimum absolute atomic E-state index is 0.0338. The first-order valence-electron chi connectivity index (χ1n) is 8.25. The summed E-state index contributed by atoms with van der Waals surface area (Å²) in [4.78, 5) is 28.3. The highest BCUT2D eigenvalue weighted by atomic mass is 16.3. The van der Waals surface area contributed by atoms with Gasteiger partial charge in [-0.05, 0) is 57.0 Å². The van der Waals surface area contributed by atoms with Crippen LogP contribution in [-0.4, -0.2) is 36.0 Å². The molecule has 1 unspecified atom stereocenters. The summed E-state index contributed by atoms with van der Waals surface area (Å²) < 4.78 is 0. The van der Waals surface area contributed by atoms with Crippen molar-refractivity contribution in [2.24, 2.45) is 10.9 Å². The van der Waals surface area contributed by atoms with Crippen LogP contribution in [0.2, 0.25) is 0 Å². The Labute approximate surface area is 142 Å². The molecule has 0 aromatic heterocycles. The Morgan fingerprint density at radius 3 is 2.71 bits per heavy atom. The zero-order chi connectivity index (χ0) is 17.5. The zero-order valence-electron chi connectivity index (χ0n) is 14.2. The van der Waals surface area contributed by atoms with Gasteiger partial charge in [-0.25, -0.2) is 0 Å². The van der Waals surface area contributed by atoms with E-state index in [1.54, 1.807) is 37.3 Å². The lowest BCUT2D eigenvalue weighted by atomic mass is 9.87. The summed E-state index contributed by atoms with van der Waals surface area (Å²) in [6.07, 6.45) is 4.34. The van der Waals surface area contributed by atoms with E-state index < -0.39 is 0 Å². The molecule has 0 bridgehead atoms. The summed E-state index contributed by atoms with van der Waals surface area (Å²) >= 11 is 0. The number of nitrogens with zero attached hydrogens (tertiary/aromatic N) is 1. The van der Waals surface area contributed by atoms with Crippen LogP contribution in [0.25, 0.3) is 6.08 Å². The number of rotatable bonds is 7. The second-order valence-corrected chi connectivity index (χ2v) is 6.19. The number of hydrogen-bond donors (Lipinski definition) is 2. The third kappa shape index (κ3) is 5.13. The highest BCUT2D eigenvalue weighted by molar-refractivity contribution is 6.08. The molecular formula is C19H24N2O3. The van der Waals surface area contributed by atoms with E-state index in [0.717, 1.165) is 17.7 Å². The van der Waals surface area contributed by atoms with Crippen LogP contribution in [0.1, 0.15) is 38.2 Å². The molecule has 1 aromatic carbocycles. The number of aliphatic imine (C=N–C) groups is 1. The molecule has 0 spiro atoms. The third-order valence-corrected chi connectivity index (χ3v) is 4.04. The predicted octanol–water partition coefficient (Wildman–Crippen LogP) is 2.74. The number of phenolic OH excluding ortho intramolecular Hbond substituents is 1. The largest absolute Gasteiger partial charge is 0.508 e. The van der Waals surface area contributed by atoms with Gasteiger partial charge in [-0.15, -0.1) is 0 Å². The average molecular weight is 328 g/mol. The Hall–Kier alpha value is -2.27. The number of Topliss-reactive ketones (excluding diaryl/α,β-unsaturated/α-hetero) is 2. The van der Waals surface area contributed by atoms with Crippen molar-refractivity contribution in [3.63, 3.8) is 0 Å². The highest BCUT2D eigenvalue weighted by Gasteiger charge is 2.28. The SMILES string of the molecule is CNCC1=N/C(=C\c2ccc(O)cc2)C(=O)C(CCCC(C)=O)C1. The van der Waals surface area contributed by atoms with Gasteiger partial charge in [-0.1, -0.05) is 12.1 Å². The molecular weight excluding hydrogens is 304 g/mol. The lowest BCUT2D eigenvalue weighted by molar-refractivity contribution is -0.120. The smallest absolute Gasteiger partial charge is 0.184 e. The van der Waals surface area contributed by atoms with E-state index in [-0.39, 0.29) is 23.2 Å². The minimum atomic E-state index is -0.117. The predicted molar refractivity (Wildman–Crippen MR) is 95.1 cm³/mol. The Morgan fingerprint density at radius 1 is 1.38 bits per heavy atom. The number of phenols is 1. The Morgan fingerprint density at radius 2 is 2.08 bits per heavy atom. The molecule has 1 aliphatic heterocycles. The molecule has 1 heterocycles. The third-order valence-electron chi connectivity index (χ3n) is 4.04. The molecule has 0 aliphatic carbocycles. The Balaban J connectivity index is 2.20. The van der Waals surface area contributed by atoms with Crippen LogP contribution in [0.3, 0.4) is 0 Å². The number of ketones is 2. The monoisotopic (exact) mass is 328 g/mol. The standard InChI is InChI=1S/C19H24N2O3/c1-13(22)4-3-5-15-11-16(12-20-2)21-18(19(15)24)10-14-6-8-17(23)9-7-14/h6-10,15,20,23H,3-5,11-12H2,1-2H3/b18-10-. The van der Waals surface area contributed by atoms with Gasteiger partial charge in [-0.2, -0.15) is 0 Å². The molecule has 0 fully saturated rings. The number of carbonyl (C=O) groups is 2.